The first-order valence-electron chi connectivity index (χ1n) is 10.2. The fraction of sp³-hybridized carbons (Fsp3) is 0.391. The number of benzene rings is 2. The van der Waals surface area contributed by atoms with Crippen molar-refractivity contribution in [3.8, 4) is 11.5 Å². The summed E-state index contributed by atoms with van der Waals surface area (Å²) in [5, 5.41) is 1.10. The van der Waals surface area contributed by atoms with Gasteiger partial charge in [0.2, 0.25) is 0 Å². The molecule has 4 rings (SSSR count). The number of halogens is 1. The van der Waals surface area contributed by atoms with Crippen molar-refractivity contribution in [1.82, 2.24) is 14.5 Å². The van der Waals surface area contributed by atoms with Crippen LogP contribution in [0.3, 0.4) is 0 Å². The van der Waals surface area contributed by atoms with Gasteiger partial charge in [-0.25, -0.2) is 9.97 Å². The summed E-state index contributed by atoms with van der Waals surface area (Å²) >= 11 is 3.59. The minimum absolute atomic E-state index is 0.269. The summed E-state index contributed by atoms with van der Waals surface area (Å²) in [6.07, 6.45) is 1.87. The Morgan fingerprint density at radius 2 is 1.55 bits per heavy atom. The van der Waals surface area contributed by atoms with Crippen LogP contribution in [0.1, 0.15) is 46.6 Å². The predicted octanol–water partition coefficient (Wildman–Crippen LogP) is 6.66. The zero-order valence-electron chi connectivity index (χ0n) is 17.3. The van der Waals surface area contributed by atoms with Crippen LogP contribution in [0.4, 0.5) is 0 Å². The molecule has 4 aromatic rings. The Kier molecular flexibility index (Phi) is 5.63. The number of nitrogens with zero attached hydrogens (tertiary/aromatic N) is 3. The second kappa shape index (κ2) is 8.19. The molecule has 0 aliphatic rings. The van der Waals surface area contributed by atoms with Crippen LogP contribution in [-0.4, -0.2) is 27.7 Å². The molecule has 0 aliphatic heterocycles. The van der Waals surface area contributed by atoms with Crippen LogP contribution in [-0.2, 0) is 0 Å². The first kappa shape index (κ1) is 20.0. The highest BCUT2D eigenvalue weighted by atomic mass is 79.9. The molecule has 0 aliphatic carbocycles. The third-order valence-electron chi connectivity index (χ3n) is 4.85. The Labute approximate surface area is 179 Å². The standard InChI is InChI=1S/C23H26BrN3O2/c1-5-9-28-20-12-17-18(13-21(20)29-10-6-2)26-23-22(25-17)16-11-15(24)7-8-19(16)27(23)14(3)4/h7-8,11-14H,5-6,9-10H2,1-4H3. The van der Waals surface area contributed by atoms with Crippen molar-refractivity contribution in [2.75, 3.05) is 13.2 Å². The molecule has 0 radical (unpaired) electrons. The second-order valence-electron chi connectivity index (χ2n) is 7.51. The Morgan fingerprint density at radius 1 is 0.931 bits per heavy atom. The van der Waals surface area contributed by atoms with Crippen molar-refractivity contribution >= 4 is 49.0 Å². The van der Waals surface area contributed by atoms with E-state index in [0.29, 0.717) is 13.2 Å². The number of aromatic nitrogens is 3. The van der Waals surface area contributed by atoms with Gasteiger partial charge in [-0.1, -0.05) is 29.8 Å². The smallest absolute Gasteiger partial charge is 0.163 e. The van der Waals surface area contributed by atoms with Crippen molar-refractivity contribution in [2.24, 2.45) is 0 Å². The molecule has 152 valence electrons. The van der Waals surface area contributed by atoms with Gasteiger partial charge in [-0.05, 0) is 44.9 Å². The normalized spacial score (nSPS) is 11.8. The number of hydrogen-bond donors (Lipinski definition) is 0. The van der Waals surface area contributed by atoms with Crippen LogP contribution in [0, 0.1) is 0 Å². The van der Waals surface area contributed by atoms with E-state index in [1.807, 2.05) is 12.1 Å². The molecule has 0 N–H and O–H groups in total. The topological polar surface area (TPSA) is 49.2 Å². The first-order valence-corrected chi connectivity index (χ1v) is 11.0. The van der Waals surface area contributed by atoms with Crippen molar-refractivity contribution in [2.45, 2.75) is 46.6 Å². The molecule has 0 atom stereocenters. The van der Waals surface area contributed by atoms with Crippen molar-refractivity contribution < 1.29 is 9.47 Å². The fourth-order valence-electron chi connectivity index (χ4n) is 3.60. The van der Waals surface area contributed by atoms with Gasteiger partial charge in [0.1, 0.15) is 5.52 Å². The van der Waals surface area contributed by atoms with Crippen molar-refractivity contribution in [3.05, 3.63) is 34.8 Å². The minimum Gasteiger partial charge on any atom is -0.490 e. The number of rotatable bonds is 7. The highest BCUT2D eigenvalue weighted by Gasteiger charge is 2.18. The van der Waals surface area contributed by atoms with E-state index in [1.165, 1.54) is 0 Å². The van der Waals surface area contributed by atoms with E-state index in [9.17, 15) is 0 Å². The van der Waals surface area contributed by atoms with E-state index in [-0.39, 0.29) is 6.04 Å². The van der Waals surface area contributed by atoms with Gasteiger partial charge in [0.25, 0.3) is 0 Å². The molecule has 2 aromatic heterocycles. The van der Waals surface area contributed by atoms with Gasteiger partial charge in [0.05, 0.1) is 29.8 Å². The third kappa shape index (κ3) is 3.66. The summed E-state index contributed by atoms with van der Waals surface area (Å²) in [5.74, 6) is 1.46. The molecular formula is C23H26BrN3O2. The molecule has 0 saturated heterocycles. The number of hydrogen-bond acceptors (Lipinski definition) is 4. The minimum atomic E-state index is 0.269. The second-order valence-corrected chi connectivity index (χ2v) is 8.42. The lowest BCUT2D eigenvalue weighted by atomic mass is 10.2. The Balaban J connectivity index is 2.00. The maximum absolute atomic E-state index is 5.95. The third-order valence-corrected chi connectivity index (χ3v) is 5.35. The molecule has 0 bridgehead atoms. The SMILES string of the molecule is CCCOc1cc2nc3c4cc(Br)ccc4n(C(C)C)c3nc2cc1OCCC. The average molecular weight is 456 g/mol. The molecule has 2 heterocycles. The van der Waals surface area contributed by atoms with E-state index < -0.39 is 0 Å². The maximum atomic E-state index is 5.95. The summed E-state index contributed by atoms with van der Waals surface area (Å²) in [5.41, 5.74) is 4.57. The fourth-order valence-corrected chi connectivity index (χ4v) is 3.96. The van der Waals surface area contributed by atoms with E-state index in [1.54, 1.807) is 0 Å². The lowest BCUT2D eigenvalue weighted by molar-refractivity contribution is 0.269. The lowest BCUT2D eigenvalue weighted by Gasteiger charge is -2.14. The van der Waals surface area contributed by atoms with Gasteiger partial charge < -0.3 is 14.0 Å². The van der Waals surface area contributed by atoms with Crippen molar-refractivity contribution in [3.63, 3.8) is 0 Å². The lowest BCUT2D eigenvalue weighted by Crippen LogP contribution is -2.03. The highest BCUT2D eigenvalue weighted by molar-refractivity contribution is 9.10. The number of fused-ring (bicyclic) bond motifs is 4. The molecule has 0 fully saturated rings. The molecular weight excluding hydrogens is 430 g/mol. The largest absolute Gasteiger partial charge is 0.490 e. The monoisotopic (exact) mass is 455 g/mol. The van der Waals surface area contributed by atoms with Crippen molar-refractivity contribution in [1.29, 1.82) is 0 Å². The average Bonchev–Trinajstić information content (AvgIpc) is 3.01. The van der Waals surface area contributed by atoms with E-state index in [2.05, 4.69) is 66.4 Å². The first-order chi connectivity index (χ1) is 14.0. The predicted molar refractivity (Wildman–Crippen MR) is 122 cm³/mol. The van der Waals surface area contributed by atoms with Gasteiger partial charge >= 0.3 is 0 Å². The molecule has 0 amide bonds. The van der Waals surface area contributed by atoms with Gasteiger partial charge in [-0.3, -0.25) is 0 Å². The number of ether oxygens (including phenoxy) is 2. The highest BCUT2D eigenvalue weighted by Crippen LogP contribution is 2.36. The van der Waals surface area contributed by atoms with Gasteiger partial charge in [-0.15, -0.1) is 0 Å². The Hall–Kier alpha value is -2.34. The summed E-state index contributed by atoms with van der Waals surface area (Å²) < 4.78 is 15.2. The van der Waals surface area contributed by atoms with Crippen LogP contribution >= 0.6 is 15.9 Å². The molecule has 6 heteroatoms. The van der Waals surface area contributed by atoms with Gasteiger partial charge in [0, 0.05) is 28.0 Å². The molecule has 0 unspecified atom stereocenters. The molecule has 5 nitrogen and oxygen atoms in total. The summed E-state index contributed by atoms with van der Waals surface area (Å²) in [6, 6.07) is 10.5. The summed E-state index contributed by atoms with van der Waals surface area (Å²) in [6.45, 7) is 9.81. The van der Waals surface area contributed by atoms with Crippen LogP contribution in [0.5, 0.6) is 11.5 Å². The van der Waals surface area contributed by atoms with Crippen LogP contribution in [0.2, 0.25) is 0 Å². The van der Waals surface area contributed by atoms with Gasteiger partial charge in [-0.2, -0.15) is 0 Å². The molecule has 0 saturated carbocycles. The summed E-state index contributed by atoms with van der Waals surface area (Å²) in [7, 11) is 0. The van der Waals surface area contributed by atoms with E-state index in [0.717, 1.165) is 61.9 Å². The van der Waals surface area contributed by atoms with Crippen LogP contribution < -0.4 is 9.47 Å². The van der Waals surface area contributed by atoms with E-state index >= 15 is 0 Å². The Morgan fingerprint density at radius 3 is 2.14 bits per heavy atom. The summed E-state index contributed by atoms with van der Waals surface area (Å²) in [4.78, 5) is 10.0. The van der Waals surface area contributed by atoms with Crippen LogP contribution in [0.15, 0.2) is 34.8 Å². The molecule has 2 aromatic carbocycles. The molecule has 0 spiro atoms. The Bertz CT molecular complexity index is 1180. The van der Waals surface area contributed by atoms with Crippen LogP contribution in [0.25, 0.3) is 33.1 Å². The quantitative estimate of drug-likeness (QED) is 0.312. The van der Waals surface area contributed by atoms with E-state index in [4.69, 9.17) is 19.4 Å². The maximum Gasteiger partial charge on any atom is 0.163 e. The molecule has 29 heavy (non-hydrogen) atoms. The zero-order chi connectivity index (χ0) is 20.5. The zero-order valence-corrected chi connectivity index (χ0v) is 18.9. The van der Waals surface area contributed by atoms with Gasteiger partial charge in [0.15, 0.2) is 17.1 Å².